The summed E-state index contributed by atoms with van der Waals surface area (Å²) < 4.78 is 6.32. The third kappa shape index (κ3) is 3.43. The number of halogens is 1. The zero-order chi connectivity index (χ0) is 14.8. The van der Waals surface area contributed by atoms with Gasteiger partial charge in [-0.1, -0.05) is 12.5 Å². The normalized spacial score (nSPS) is 29.4. The fourth-order valence-electron chi connectivity index (χ4n) is 3.86. The van der Waals surface area contributed by atoms with Crippen LogP contribution in [-0.2, 0) is 6.54 Å². The standard InChI is InChI=1S/C17H25BrN2O/c1-20-14-4-3-5-15(20)10-13(9-14)19-11-12-6-7-17(21-2)16(18)8-12/h6-8,13-15,19H,3-5,9-11H2,1-2H3. The van der Waals surface area contributed by atoms with Crippen molar-refractivity contribution in [3.8, 4) is 5.75 Å². The van der Waals surface area contributed by atoms with E-state index in [1.807, 2.05) is 6.07 Å². The molecule has 2 unspecified atom stereocenters. The molecule has 2 saturated heterocycles. The Morgan fingerprint density at radius 3 is 2.62 bits per heavy atom. The second-order valence-electron chi connectivity index (χ2n) is 6.42. The fraction of sp³-hybridized carbons (Fsp3) is 0.647. The summed E-state index contributed by atoms with van der Waals surface area (Å²) in [7, 11) is 4.01. The second-order valence-corrected chi connectivity index (χ2v) is 7.28. The van der Waals surface area contributed by atoms with Crippen molar-refractivity contribution in [2.75, 3.05) is 14.2 Å². The fourth-order valence-corrected chi connectivity index (χ4v) is 4.45. The molecule has 2 aliphatic rings. The smallest absolute Gasteiger partial charge is 0.133 e. The molecule has 21 heavy (non-hydrogen) atoms. The number of hydrogen-bond acceptors (Lipinski definition) is 3. The van der Waals surface area contributed by atoms with Gasteiger partial charge < -0.3 is 15.0 Å². The van der Waals surface area contributed by atoms with Crippen LogP contribution in [0.1, 0.15) is 37.7 Å². The maximum Gasteiger partial charge on any atom is 0.133 e. The van der Waals surface area contributed by atoms with Crippen LogP contribution in [0.2, 0.25) is 0 Å². The lowest BCUT2D eigenvalue weighted by atomic mass is 9.82. The Morgan fingerprint density at radius 2 is 2.00 bits per heavy atom. The van der Waals surface area contributed by atoms with Gasteiger partial charge in [-0.15, -0.1) is 0 Å². The van der Waals surface area contributed by atoms with Crippen molar-refractivity contribution in [3.63, 3.8) is 0 Å². The topological polar surface area (TPSA) is 24.5 Å². The molecule has 3 nitrogen and oxygen atoms in total. The van der Waals surface area contributed by atoms with Gasteiger partial charge in [0.05, 0.1) is 11.6 Å². The first-order valence-corrected chi connectivity index (χ1v) is 8.74. The number of ether oxygens (including phenoxy) is 1. The maximum absolute atomic E-state index is 5.28. The quantitative estimate of drug-likeness (QED) is 0.896. The number of benzene rings is 1. The van der Waals surface area contributed by atoms with Crippen LogP contribution in [-0.4, -0.2) is 37.2 Å². The van der Waals surface area contributed by atoms with Gasteiger partial charge in [0.1, 0.15) is 5.75 Å². The van der Waals surface area contributed by atoms with Crippen LogP contribution in [0.5, 0.6) is 5.75 Å². The number of fused-ring (bicyclic) bond motifs is 2. The molecule has 0 saturated carbocycles. The molecule has 0 radical (unpaired) electrons. The Labute approximate surface area is 136 Å². The third-order valence-electron chi connectivity index (χ3n) is 5.15. The number of piperidine rings is 2. The van der Waals surface area contributed by atoms with E-state index in [9.17, 15) is 0 Å². The average molecular weight is 353 g/mol. The zero-order valence-corrected chi connectivity index (χ0v) is 14.5. The van der Waals surface area contributed by atoms with Gasteiger partial charge in [0.15, 0.2) is 0 Å². The summed E-state index contributed by atoms with van der Waals surface area (Å²) in [5, 5.41) is 3.76. The van der Waals surface area contributed by atoms with Crippen molar-refractivity contribution in [1.29, 1.82) is 0 Å². The molecule has 2 heterocycles. The third-order valence-corrected chi connectivity index (χ3v) is 5.77. The highest BCUT2D eigenvalue weighted by Gasteiger charge is 2.35. The predicted molar refractivity (Wildman–Crippen MR) is 89.7 cm³/mol. The summed E-state index contributed by atoms with van der Waals surface area (Å²) in [6, 6.07) is 8.57. The van der Waals surface area contributed by atoms with E-state index in [1.54, 1.807) is 7.11 Å². The summed E-state index contributed by atoms with van der Waals surface area (Å²) in [6.07, 6.45) is 6.75. The van der Waals surface area contributed by atoms with Gasteiger partial charge in [-0.25, -0.2) is 0 Å². The van der Waals surface area contributed by atoms with Crippen molar-refractivity contribution in [1.82, 2.24) is 10.2 Å². The molecule has 0 spiro atoms. The van der Waals surface area contributed by atoms with E-state index in [4.69, 9.17) is 4.74 Å². The van der Waals surface area contributed by atoms with Crippen LogP contribution in [0.25, 0.3) is 0 Å². The van der Waals surface area contributed by atoms with E-state index in [2.05, 4.69) is 45.3 Å². The minimum Gasteiger partial charge on any atom is -0.496 e. The number of rotatable bonds is 4. The number of hydrogen-bond donors (Lipinski definition) is 1. The highest BCUT2D eigenvalue weighted by molar-refractivity contribution is 9.10. The molecular formula is C17H25BrN2O. The van der Waals surface area contributed by atoms with Crippen LogP contribution < -0.4 is 10.1 Å². The SMILES string of the molecule is COc1ccc(CNC2CC3CCCC(C2)N3C)cc1Br. The van der Waals surface area contributed by atoms with Crippen LogP contribution in [0.4, 0.5) is 0 Å². The van der Waals surface area contributed by atoms with Crippen molar-refractivity contribution >= 4 is 15.9 Å². The Morgan fingerprint density at radius 1 is 1.29 bits per heavy atom. The van der Waals surface area contributed by atoms with E-state index in [0.717, 1.165) is 28.9 Å². The molecule has 116 valence electrons. The van der Waals surface area contributed by atoms with E-state index in [0.29, 0.717) is 6.04 Å². The summed E-state index contributed by atoms with van der Waals surface area (Å²) in [5.74, 6) is 0.896. The van der Waals surface area contributed by atoms with Gasteiger partial charge >= 0.3 is 0 Å². The van der Waals surface area contributed by atoms with E-state index in [1.165, 1.54) is 37.7 Å². The second kappa shape index (κ2) is 6.67. The molecule has 4 heteroatoms. The highest BCUT2D eigenvalue weighted by Crippen LogP contribution is 2.33. The van der Waals surface area contributed by atoms with E-state index >= 15 is 0 Å². The lowest BCUT2D eigenvalue weighted by molar-refractivity contribution is 0.0482. The Bertz CT molecular complexity index is 480. The highest BCUT2D eigenvalue weighted by atomic mass is 79.9. The largest absolute Gasteiger partial charge is 0.496 e. The number of nitrogens with zero attached hydrogens (tertiary/aromatic N) is 1. The molecule has 0 aromatic heterocycles. The van der Waals surface area contributed by atoms with Crippen LogP contribution in [0, 0.1) is 0 Å². The van der Waals surface area contributed by atoms with Gasteiger partial charge in [0.25, 0.3) is 0 Å². The van der Waals surface area contributed by atoms with Crippen molar-refractivity contribution < 1.29 is 4.74 Å². The molecule has 0 aliphatic carbocycles. The molecule has 2 fully saturated rings. The first-order chi connectivity index (χ1) is 10.2. The lowest BCUT2D eigenvalue weighted by Gasteiger charge is -2.47. The molecule has 2 aliphatic heterocycles. The Kier molecular flexibility index (Phi) is 4.87. The summed E-state index contributed by atoms with van der Waals surface area (Å²) >= 11 is 3.56. The summed E-state index contributed by atoms with van der Waals surface area (Å²) in [5.41, 5.74) is 1.31. The molecular weight excluding hydrogens is 328 g/mol. The Hall–Kier alpha value is -0.580. The molecule has 2 atom stereocenters. The van der Waals surface area contributed by atoms with Crippen LogP contribution in [0.3, 0.4) is 0 Å². The average Bonchev–Trinajstić information content (AvgIpc) is 2.45. The summed E-state index contributed by atoms with van der Waals surface area (Å²) in [6.45, 7) is 0.941. The van der Waals surface area contributed by atoms with Gasteiger partial charge in [0, 0.05) is 24.7 Å². The zero-order valence-electron chi connectivity index (χ0n) is 12.9. The van der Waals surface area contributed by atoms with Gasteiger partial charge in [-0.3, -0.25) is 0 Å². The van der Waals surface area contributed by atoms with Crippen molar-refractivity contribution in [3.05, 3.63) is 28.2 Å². The van der Waals surface area contributed by atoms with Crippen LogP contribution in [0.15, 0.2) is 22.7 Å². The first kappa shape index (κ1) is 15.3. The summed E-state index contributed by atoms with van der Waals surface area (Å²) in [4.78, 5) is 2.62. The van der Waals surface area contributed by atoms with Crippen molar-refractivity contribution in [2.24, 2.45) is 0 Å². The van der Waals surface area contributed by atoms with Gasteiger partial charge in [-0.2, -0.15) is 0 Å². The molecule has 1 N–H and O–H groups in total. The lowest BCUT2D eigenvalue weighted by Crippen LogP contribution is -2.54. The molecule has 0 amide bonds. The molecule has 3 rings (SSSR count). The molecule has 1 aromatic carbocycles. The van der Waals surface area contributed by atoms with Gasteiger partial charge in [-0.05, 0) is 66.4 Å². The Balaban J connectivity index is 1.57. The molecule has 1 aromatic rings. The van der Waals surface area contributed by atoms with Gasteiger partial charge in [0.2, 0.25) is 0 Å². The first-order valence-electron chi connectivity index (χ1n) is 7.95. The van der Waals surface area contributed by atoms with E-state index < -0.39 is 0 Å². The number of methoxy groups -OCH3 is 1. The van der Waals surface area contributed by atoms with Crippen LogP contribution >= 0.6 is 15.9 Å². The number of nitrogens with one attached hydrogen (secondary N) is 1. The minimum absolute atomic E-state index is 0.664. The van der Waals surface area contributed by atoms with Crippen molar-refractivity contribution in [2.45, 2.75) is 56.8 Å². The van der Waals surface area contributed by atoms with E-state index in [-0.39, 0.29) is 0 Å². The monoisotopic (exact) mass is 352 g/mol. The molecule has 2 bridgehead atoms. The maximum atomic E-state index is 5.28. The minimum atomic E-state index is 0.664. The predicted octanol–water partition coefficient (Wildman–Crippen LogP) is 3.56.